The quantitative estimate of drug-likeness (QED) is 0.611. The lowest BCUT2D eigenvalue weighted by Crippen LogP contribution is -2.45. The molecule has 3 heterocycles. The second kappa shape index (κ2) is 6.05. The maximum atomic E-state index is 13.0. The summed E-state index contributed by atoms with van der Waals surface area (Å²) in [6.07, 6.45) is 0.762. The van der Waals surface area contributed by atoms with Crippen molar-refractivity contribution in [2.24, 2.45) is 0 Å². The minimum atomic E-state index is -0.738. The fraction of sp³-hybridized carbons (Fsp3) is 0.227. The Morgan fingerprint density at radius 3 is 2.71 bits per heavy atom. The van der Waals surface area contributed by atoms with Gasteiger partial charge in [-0.05, 0) is 24.3 Å². The van der Waals surface area contributed by atoms with E-state index >= 15 is 0 Å². The lowest BCUT2D eigenvalue weighted by molar-refractivity contribution is 0.0427. The van der Waals surface area contributed by atoms with Gasteiger partial charge in [0, 0.05) is 18.4 Å². The van der Waals surface area contributed by atoms with E-state index < -0.39 is 17.1 Å². The Kier molecular flexibility index (Phi) is 3.62. The van der Waals surface area contributed by atoms with Crippen molar-refractivity contribution in [3.05, 3.63) is 76.1 Å². The van der Waals surface area contributed by atoms with E-state index in [-0.39, 0.29) is 24.3 Å². The number of benzene rings is 2. The van der Waals surface area contributed by atoms with E-state index in [4.69, 9.17) is 9.15 Å². The summed E-state index contributed by atoms with van der Waals surface area (Å²) in [7, 11) is 0. The third-order valence-corrected chi connectivity index (χ3v) is 5.47. The number of fused-ring (bicyclic) bond motifs is 2. The van der Waals surface area contributed by atoms with Crippen LogP contribution in [0.2, 0.25) is 0 Å². The minimum absolute atomic E-state index is 0.00159. The highest BCUT2D eigenvalue weighted by molar-refractivity contribution is 6.01. The van der Waals surface area contributed by atoms with E-state index in [1.807, 2.05) is 18.2 Å². The molecule has 2 aliphatic heterocycles. The molecule has 0 unspecified atom stereocenters. The number of nitrogens with zero attached hydrogens (tertiary/aromatic N) is 1. The van der Waals surface area contributed by atoms with Crippen molar-refractivity contribution >= 4 is 22.7 Å². The number of rotatable bonds is 1. The van der Waals surface area contributed by atoms with Gasteiger partial charge in [0.05, 0.1) is 18.5 Å². The first-order valence-corrected chi connectivity index (χ1v) is 9.18. The zero-order valence-corrected chi connectivity index (χ0v) is 15.0. The number of para-hydroxylation sites is 2. The summed E-state index contributed by atoms with van der Waals surface area (Å²) in [4.78, 5) is 39.4. The van der Waals surface area contributed by atoms with Crippen LogP contribution in [0.5, 0.6) is 5.75 Å². The highest BCUT2D eigenvalue weighted by Gasteiger charge is 2.47. The van der Waals surface area contributed by atoms with Crippen LogP contribution in [0.3, 0.4) is 0 Å². The average molecular weight is 375 g/mol. The zero-order valence-electron chi connectivity index (χ0n) is 15.0. The first-order chi connectivity index (χ1) is 13.5. The molecule has 1 atom stereocenters. The molecule has 1 spiro atoms. The molecule has 0 aliphatic carbocycles. The SMILES string of the molecule is O=C1C[C@]2(CCN(C(=O)c3cc4ccccc4oc3=O)C2)Oc2ccccc21. The number of carbonyl (C=O) groups excluding carboxylic acids is 2. The lowest BCUT2D eigenvalue weighted by Gasteiger charge is -2.34. The topological polar surface area (TPSA) is 76.8 Å². The molecule has 1 saturated heterocycles. The van der Waals surface area contributed by atoms with Crippen LogP contribution in [-0.4, -0.2) is 35.3 Å². The normalized spacial score (nSPS) is 21.0. The Morgan fingerprint density at radius 2 is 1.82 bits per heavy atom. The smallest absolute Gasteiger partial charge is 0.349 e. The van der Waals surface area contributed by atoms with E-state index in [9.17, 15) is 14.4 Å². The van der Waals surface area contributed by atoms with E-state index in [1.165, 1.54) is 0 Å². The first-order valence-electron chi connectivity index (χ1n) is 9.18. The average Bonchev–Trinajstić information content (AvgIpc) is 3.10. The molecule has 1 aromatic heterocycles. The molecular formula is C22H17NO5. The minimum Gasteiger partial charge on any atom is -0.484 e. The van der Waals surface area contributed by atoms with Gasteiger partial charge in [-0.3, -0.25) is 9.59 Å². The van der Waals surface area contributed by atoms with Gasteiger partial charge < -0.3 is 14.1 Å². The van der Waals surface area contributed by atoms with E-state index in [1.54, 1.807) is 41.3 Å². The van der Waals surface area contributed by atoms with Gasteiger partial charge >= 0.3 is 5.63 Å². The van der Waals surface area contributed by atoms with Crippen molar-refractivity contribution in [2.45, 2.75) is 18.4 Å². The maximum absolute atomic E-state index is 13.0. The molecule has 28 heavy (non-hydrogen) atoms. The summed E-state index contributed by atoms with van der Waals surface area (Å²) in [5.74, 6) is 0.172. The van der Waals surface area contributed by atoms with E-state index in [0.717, 1.165) is 0 Å². The van der Waals surface area contributed by atoms with Crippen molar-refractivity contribution < 1.29 is 18.7 Å². The standard InChI is InChI=1S/C22H17NO5/c24-17-12-22(28-19-8-4-2-6-15(17)19)9-10-23(13-22)20(25)16-11-14-5-1-3-7-18(14)27-21(16)26/h1-8,11H,9-10,12-13H2/t22-/m0/s1. The fourth-order valence-corrected chi connectivity index (χ4v) is 4.07. The van der Waals surface area contributed by atoms with Crippen LogP contribution in [0.25, 0.3) is 11.0 Å². The van der Waals surface area contributed by atoms with Gasteiger partial charge in [0.25, 0.3) is 5.91 Å². The highest BCUT2D eigenvalue weighted by atomic mass is 16.5. The number of Topliss-reactive ketones (excluding diaryl/α,β-unsaturated/α-hetero) is 1. The monoisotopic (exact) mass is 375 g/mol. The predicted octanol–water partition coefficient (Wildman–Crippen LogP) is 3.04. The molecule has 2 aromatic carbocycles. The van der Waals surface area contributed by atoms with Crippen LogP contribution in [0.15, 0.2) is 63.8 Å². The number of likely N-dealkylation sites (tertiary alicyclic amines) is 1. The summed E-state index contributed by atoms with van der Waals surface area (Å²) in [5, 5.41) is 0.692. The van der Waals surface area contributed by atoms with Crippen LogP contribution in [0.4, 0.5) is 0 Å². The Balaban J connectivity index is 1.44. The summed E-state index contributed by atoms with van der Waals surface area (Å²) >= 11 is 0. The van der Waals surface area contributed by atoms with E-state index in [0.29, 0.717) is 35.2 Å². The maximum Gasteiger partial charge on any atom is 0.349 e. The Labute approximate surface area is 160 Å². The number of ether oxygens (including phenoxy) is 1. The van der Waals surface area contributed by atoms with Crippen LogP contribution in [-0.2, 0) is 0 Å². The largest absolute Gasteiger partial charge is 0.484 e. The molecule has 6 heteroatoms. The van der Waals surface area contributed by atoms with Crippen LogP contribution in [0.1, 0.15) is 33.6 Å². The molecule has 2 aliphatic rings. The van der Waals surface area contributed by atoms with Crippen LogP contribution < -0.4 is 10.4 Å². The number of hydrogen-bond donors (Lipinski definition) is 0. The van der Waals surface area contributed by atoms with Gasteiger partial charge in [0.2, 0.25) is 0 Å². The van der Waals surface area contributed by atoms with Gasteiger partial charge in [-0.2, -0.15) is 0 Å². The van der Waals surface area contributed by atoms with Crippen molar-refractivity contribution in [3.8, 4) is 5.75 Å². The lowest BCUT2D eigenvalue weighted by atomic mass is 9.89. The third kappa shape index (κ3) is 2.60. The molecule has 0 N–H and O–H groups in total. The molecule has 3 aromatic rings. The summed E-state index contributed by atoms with van der Waals surface area (Å²) < 4.78 is 11.4. The van der Waals surface area contributed by atoms with Gasteiger partial charge in [-0.15, -0.1) is 0 Å². The second-order valence-corrected chi connectivity index (χ2v) is 7.34. The predicted molar refractivity (Wildman–Crippen MR) is 102 cm³/mol. The second-order valence-electron chi connectivity index (χ2n) is 7.34. The Hall–Kier alpha value is -3.41. The molecule has 0 bridgehead atoms. The molecule has 1 fully saturated rings. The van der Waals surface area contributed by atoms with Gasteiger partial charge in [-0.1, -0.05) is 30.3 Å². The molecular weight excluding hydrogens is 358 g/mol. The zero-order chi connectivity index (χ0) is 19.3. The summed E-state index contributed by atoms with van der Waals surface area (Å²) in [5.41, 5.74) is -0.375. The van der Waals surface area contributed by atoms with Crippen molar-refractivity contribution in [1.82, 2.24) is 4.90 Å². The fourth-order valence-electron chi connectivity index (χ4n) is 4.07. The van der Waals surface area contributed by atoms with Crippen molar-refractivity contribution in [2.75, 3.05) is 13.1 Å². The van der Waals surface area contributed by atoms with Gasteiger partial charge in [0.15, 0.2) is 5.78 Å². The molecule has 0 saturated carbocycles. The first kappa shape index (κ1) is 16.7. The van der Waals surface area contributed by atoms with E-state index in [2.05, 4.69) is 0 Å². The van der Waals surface area contributed by atoms with Crippen LogP contribution in [0, 0.1) is 0 Å². The van der Waals surface area contributed by atoms with Crippen molar-refractivity contribution in [1.29, 1.82) is 0 Å². The van der Waals surface area contributed by atoms with Crippen molar-refractivity contribution in [3.63, 3.8) is 0 Å². The Bertz CT molecular complexity index is 1180. The number of carbonyl (C=O) groups is 2. The number of hydrogen-bond acceptors (Lipinski definition) is 5. The molecule has 0 radical (unpaired) electrons. The highest BCUT2D eigenvalue weighted by Crippen LogP contribution is 2.38. The molecule has 6 nitrogen and oxygen atoms in total. The molecule has 5 rings (SSSR count). The third-order valence-electron chi connectivity index (χ3n) is 5.47. The summed E-state index contributed by atoms with van der Waals surface area (Å²) in [6, 6.07) is 15.8. The molecule has 140 valence electrons. The summed E-state index contributed by atoms with van der Waals surface area (Å²) in [6.45, 7) is 0.679. The number of amides is 1. The number of ketones is 1. The van der Waals surface area contributed by atoms with Gasteiger partial charge in [-0.25, -0.2) is 4.79 Å². The van der Waals surface area contributed by atoms with Gasteiger partial charge in [0.1, 0.15) is 22.5 Å². The van der Waals surface area contributed by atoms with Crippen LogP contribution >= 0.6 is 0 Å². The Morgan fingerprint density at radius 1 is 1.04 bits per heavy atom. The molecule has 1 amide bonds.